The Kier molecular flexibility index (Phi) is 7.63. The number of hydrogen-bond acceptors (Lipinski definition) is 10. The second kappa shape index (κ2) is 10.8. The van der Waals surface area contributed by atoms with Crippen molar-refractivity contribution in [3.63, 3.8) is 0 Å². The monoisotopic (exact) mass is 483 g/mol. The van der Waals surface area contributed by atoms with E-state index in [0.29, 0.717) is 80.3 Å². The molecule has 2 saturated heterocycles. The standard InChI is InChI=1S/C19H23Cl2N7O4/c20-13-1-2-15(14(21)11-13)32-12-16(29)25-26-17-22-18(27-3-7-30-8-4-27)24-19(23-17)28-5-9-31-10-6-28/h1-2,11H,3-10,12H2,(H,25,29)(H,22,23,24,26). The number of aromatic nitrogens is 3. The van der Waals surface area contributed by atoms with Gasteiger partial charge in [-0.1, -0.05) is 23.2 Å². The van der Waals surface area contributed by atoms with Crippen LogP contribution in [0.4, 0.5) is 17.8 Å². The molecular weight excluding hydrogens is 461 g/mol. The van der Waals surface area contributed by atoms with Crippen molar-refractivity contribution in [2.45, 2.75) is 0 Å². The maximum absolute atomic E-state index is 12.2. The minimum absolute atomic E-state index is 0.223. The molecule has 4 rings (SSSR count). The first-order chi connectivity index (χ1) is 15.6. The van der Waals surface area contributed by atoms with Crippen molar-refractivity contribution in [1.29, 1.82) is 0 Å². The maximum atomic E-state index is 12.2. The number of carbonyl (C=O) groups excluding carboxylic acids is 1. The Morgan fingerprint density at radius 2 is 1.56 bits per heavy atom. The van der Waals surface area contributed by atoms with Gasteiger partial charge in [0.1, 0.15) is 5.75 Å². The van der Waals surface area contributed by atoms with Crippen LogP contribution in [0.5, 0.6) is 5.75 Å². The van der Waals surface area contributed by atoms with Gasteiger partial charge >= 0.3 is 0 Å². The molecule has 1 amide bonds. The van der Waals surface area contributed by atoms with E-state index in [4.69, 9.17) is 37.4 Å². The second-order valence-electron chi connectivity index (χ2n) is 6.99. The van der Waals surface area contributed by atoms with Crippen LogP contribution in [0.3, 0.4) is 0 Å². The molecule has 2 aromatic rings. The van der Waals surface area contributed by atoms with Gasteiger partial charge in [0.2, 0.25) is 17.8 Å². The lowest BCUT2D eigenvalue weighted by atomic mass is 10.3. The number of amides is 1. The molecule has 2 N–H and O–H groups in total. The molecule has 0 radical (unpaired) electrons. The summed E-state index contributed by atoms with van der Waals surface area (Å²) in [6.45, 7) is 4.84. The van der Waals surface area contributed by atoms with Crippen molar-refractivity contribution >= 4 is 47.0 Å². The molecular formula is C19H23Cl2N7O4. The van der Waals surface area contributed by atoms with Gasteiger partial charge in [-0.15, -0.1) is 0 Å². The number of morpholine rings is 2. The number of ether oxygens (including phenoxy) is 3. The van der Waals surface area contributed by atoms with Gasteiger partial charge in [-0.3, -0.25) is 15.6 Å². The van der Waals surface area contributed by atoms with Crippen LogP contribution < -0.4 is 25.4 Å². The van der Waals surface area contributed by atoms with Gasteiger partial charge in [0.05, 0.1) is 31.5 Å². The van der Waals surface area contributed by atoms with Crippen LogP contribution in [-0.4, -0.2) is 80.1 Å². The van der Waals surface area contributed by atoms with Crippen molar-refractivity contribution in [3.05, 3.63) is 28.2 Å². The predicted molar refractivity (Wildman–Crippen MR) is 120 cm³/mol. The van der Waals surface area contributed by atoms with Crippen LogP contribution in [0.1, 0.15) is 0 Å². The van der Waals surface area contributed by atoms with Gasteiger partial charge < -0.3 is 24.0 Å². The third-order valence-corrected chi connectivity index (χ3v) is 5.30. The van der Waals surface area contributed by atoms with E-state index in [0.717, 1.165) is 0 Å². The zero-order chi connectivity index (χ0) is 22.3. The summed E-state index contributed by atoms with van der Waals surface area (Å²) >= 11 is 11.9. The first-order valence-corrected chi connectivity index (χ1v) is 10.9. The summed E-state index contributed by atoms with van der Waals surface area (Å²) in [4.78, 5) is 29.8. The Morgan fingerprint density at radius 3 is 2.12 bits per heavy atom. The Bertz CT molecular complexity index is 904. The van der Waals surface area contributed by atoms with E-state index in [9.17, 15) is 4.79 Å². The normalized spacial score (nSPS) is 16.6. The van der Waals surface area contributed by atoms with Gasteiger partial charge in [-0.25, -0.2) is 0 Å². The summed E-state index contributed by atoms with van der Waals surface area (Å²) in [6, 6.07) is 4.77. The third-order valence-electron chi connectivity index (χ3n) is 4.77. The molecule has 2 fully saturated rings. The Labute approximate surface area is 194 Å². The highest BCUT2D eigenvalue weighted by molar-refractivity contribution is 6.35. The highest BCUT2D eigenvalue weighted by atomic mass is 35.5. The molecule has 2 aliphatic heterocycles. The number of anilines is 3. The number of benzene rings is 1. The molecule has 3 heterocycles. The first kappa shape index (κ1) is 22.6. The van der Waals surface area contributed by atoms with E-state index in [2.05, 4.69) is 25.8 Å². The molecule has 32 heavy (non-hydrogen) atoms. The van der Waals surface area contributed by atoms with Crippen LogP contribution >= 0.6 is 23.2 Å². The zero-order valence-electron chi connectivity index (χ0n) is 17.2. The Hall–Kier alpha value is -2.60. The fourth-order valence-electron chi connectivity index (χ4n) is 3.12. The van der Waals surface area contributed by atoms with Crippen LogP contribution in [0.25, 0.3) is 0 Å². The largest absolute Gasteiger partial charge is 0.482 e. The van der Waals surface area contributed by atoms with E-state index in [1.165, 1.54) is 0 Å². The average molecular weight is 484 g/mol. The molecule has 0 unspecified atom stereocenters. The zero-order valence-corrected chi connectivity index (χ0v) is 18.7. The molecule has 0 aliphatic carbocycles. The number of hydrogen-bond donors (Lipinski definition) is 2. The predicted octanol–water partition coefficient (Wildman–Crippen LogP) is 1.37. The van der Waals surface area contributed by atoms with Crippen LogP contribution in [0.2, 0.25) is 10.0 Å². The molecule has 0 bridgehead atoms. The van der Waals surface area contributed by atoms with Gasteiger partial charge in [-0.05, 0) is 18.2 Å². The van der Waals surface area contributed by atoms with Crippen LogP contribution in [0.15, 0.2) is 18.2 Å². The number of hydrazine groups is 1. The first-order valence-electron chi connectivity index (χ1n) is 10.1. The highest BCUT2D eigenvalue weighted by Crippen LogP contribution is 2.27. The maximum Gasteiger partial charge on any atom is 0.276 e. The number of halogens is 2. The van der Waals surface area contributed by atoms with Gasteiger partial charge in [0.25, 0.3) is 5.91 Å². The fourth-order valence-corrected chi connectivity index (χ4v) is 3.58. The topological polar surface area (TPSA) is 114 Å². The molecule has 11 nitrogen and oxygen atoms in total. The Balaban J connectivity index is 1.41. The minimum atomic E-state index is -0.433. The summed E-state index contributed by atoms with van der Waals surface area (Å²) in [5.74, 6) is 1.19. The number of nitrogens with zero attached hydrogens (tertiary/aromatic N) is 5. The number of rotatable bonds is 7. The summed E-state index contributed by atoms with van der Waals surface area (Å²) < 4.78 is 16.3. The van der Waals surface area contributed by atoms with E-state index in [-0.39, 0.29) is 12.6 Å². The second-order valence-corrected chi connectivity index (χ2v) is 7.84. The van der Waals surface area contributed by atoms with Crippen LogP contribution in [-0.2, 0) is 14.3 Å². The Morgan fingerprint density at radius 1 is 0.969 bits per heavy atom. The number of nitrogens with one attached hydrogen (secondary N) is 2. The van der Waals surface area contributed by atoms with E-state index in [1.54, 1.807) is 18.2 Å². The van der Waals surface area contributed by atoms with Crippen molar-refractivity contribution in [3.8, 4) is 5.75 Å². The molecule has 0 atom stereocenters. The average Bonchev–Trinajstić information content (AvgIpc) is 2.83. The smallest absolute Gasteiger partial charge is 0.276 e. The minimum Gasteiger partial charge on any atom is -0.482 e. The fraction of sp³-hybridized carbons (Fsp3) is 0.474. The molecule has 2 aliphatic rings. The van der Waals surface area contributed by atoms with Gasteiger partial charge in [0.15, 0.2) is 6.61 Å². The highest BCUT2D eigenvalue weighted by Gasteiger charge is 2.21. The van der Waals surface area contributed by atoms with Crippen molar-refractivity contribution in [2.24, 2.45) is 0 Å². The molecule has 13 heteroatoms. The molecule has 172 valence electrons. The molecule has 1 aromatic carbocycles. The van der Waals surface area contributed by atoms with Crippen LogP contribution in [0, 0.1) is 0 Å². The van der Waals surface area contributed by atoms with E-state index in [1.807, 2.05) is 9.80 Å². The van der Waals surface area contributed by atoms with Gasteiger partial charge in [0, 0.05) is 31.2 Å². The van der Waals surface area contributed by atoms with Crippen molar-refractivity contribution in [1.82, 2.24) is 20.4 Å². The number of carbonyl (C=O) groups is 1. The van der Waals surface area contributed by atoms with Crippen molar-refractivity contribution < 1.29 is 19.0 Å². The summed E-state index contributed by atoms with van der Waals surface area (Å²) in [7, 11) is 0. The molecule has 1 aromatic heterocycles. The van der Waals surface area contributed by atoms with Crippen molar-refractivity contribution in [2.75, 3.05) is 74.4 Å². The van der Waals surface area contributed by atoms with E-state index < -0.39 is 5.91 Å². The summed E-state index contributed by atoms with van der Waals surface area (Å²) in [6.07, 6.45) is 0. The molecule has 0 spiro atoms. The lowest BCUT2D eigenvalue weighted by Crippen LogP contribution is -2.40. The quantitative estimate of drug-likeness (QED) is 0.559. The lowest BCUT2D eigenvalue weighted by Gasteiger charge is -2.30. The van der Waals surface area contributed by atoms with Gasteiger partial charge in [-0.2, -0.15) is 15.0 Å². The van der Waals surface area contributed by atoms with E-state index >= 15 is 0 Å². The molecule has 0 saturated carbocycles. The summed E-state index contributed by atoms with van der Waals surface area (Å²) in [5, 5.41) is 0.802. The SMILES string of the molecule is O=C(COc1ccc(Cl)cc1Cl)NNc1nc(N2CCOCC2)nc(N2CCOCC2)n1. The summed E-state index contributed by atoms with van der Waals surface area (Å²) in [5.41, 5.74) is 5.29. The third kappa shape index (κ3) is 6.00. The lowest BCUT2D eigenvalue weighted by molar-refractivity contribution is -0.122.